The molecule has 1 unspecified atom stereocenters. The van der Waals surface area contributed by atoms with Crippen molar-refractivity contribution in [1.29, 1.82) is 0 Å². The number of carbonyl (C=O) groups excluding carboxylic acids is 1. The van der Waals surface area contributed by atoms with Crippen LogP contribution in [0, 0.1) is 0 Å². The number of unbranched alkanes of at least 4 members (excludes halogenated alkanes) is 1. The van der Waals surface area contributed by atoms with Crippen molar-refractivity contribution in [2.75, 3.05) is 13.3 Å². The second-order valence-corrected chi connectivity index (χ2v) is 9.53. The standard InChI is InChI=1S/C33H33NO3/c1-2-3-10-24-15-17-27(18-16-24)33(35)34-22-29(28-19-20-30-31(21-28)37-23-36-30)32(25-11-6-4-7-12-25)26-13-8-5-9-14-26/h4-9,11-21,29,32H,2-3,10,22-23H2,1H3,(H,34,35). The largest absolute Gasteiger partial charge is 0.454 e. The molecule has 37 heavy (non-hydrogen) atoms. The highest BCUT2D eigenvalue weighted by Crippen LogP contribution is 2.42. The van der Waals surface area contributed by atoms with Crippen LogP contribution in [0.1, 0.15) is 64.2 Å². The van der Waals surface area contributed by atoms with E-state index in [0.29, 0.717) is 12.1 Å². The first-order valence-corrected chi connectivity index (χ1v) is 13.1. The quantitative estimate of drug-likeness (QED) is 0.257. The minimum atomic E-state index is -0.0624. The molecule has 1 aliphatic rings. The number of carbonyl (C=O) groups is 1. The minimum Gasteiger partial charge on any atom is -0.454 e. The van der Waals surface area contributed by atoms with Crippen molar-refractivity contribution < 1.29 is 14.3 Å². The van der Waals surface area contributed by atoms with Crippen molar-refractivity contribution in [3.63, 3.8) is 0 Å². The minimum absolute atomic E-state index is 0.0212. The number of amides is 1. The normalized spacial score (nSPS) is 12.9. The van der Waals surface area contributed by atoms with E-state index in [4.69, 9.17) is 9.47 Å². The molecule has 4 heteroatoms. The van der Waals surface area contributed by atoms with Crippen LogP contribution < -0.4 is 14.8 Å². The van der Waals surface area contributed by atoms with E-state index in [9.17, 15) is 4.79 Å². The van der Waals surface area contributed by atoms with E-state index in [1.165, 1.54) is 16.7 Å². The van der Waals surface area contributed by atoms with Crippen LogP contribution in [-0.4, -0.2) is 19.2 Å². The number of aryl methyl sites for hydroxylation is 1. The van der Waals surface area contributed by atoms with E-state index in [0.717, 1.165) is 36.3 Å². The smallest absolute Gasteiger partial charge is 0.251 e. The summed E-state index contributed by atoms with van der Waals surface area (Å²) in [5.41, 5.74) is 5.44. The Morgan fingerprint density at radius 2 is 1.43 bits per heavy atom. The van der Waals surface area contributed by atoms with Gasteiger partial charge in [0.2, 0.25) is 6.79 Å². The topological polar surface area (TPSA) is 47.6 Å². The third kappa shape index (κ3) is 5.86. The monoisotopic (exact) mass is 491 g/mol. The van der Waals surface area contributed by atoms with Crippen molar-refractivity contribution >= 4 is 5.91 Å². The molecule has 0 fully saturated rings. The molecule has 0 saturated heterocycles. The molecule has 0 saturated carbocycles. The van der Waals surface area contributed by atoms with Crippen molar-refractivity contribution in [3.05, 3.63) is 131 Å². The molecule has 4 aromatic carbocycles. The number of hydrogen-bond donors (Lipinski definition) is 1. The summed E-state index contributed by atoms with van der Waals surface area (Å²) in [6.45, 7) is 2.90. The van der Waals surface area contributed by atoms with Gasteiger partial charge >= 0.3 is 0 Å². The summed E-state index contributed by atoms with van der Waals surface area (Å²) >= 11 is 0. The molecule has 188 valence electrons. The van der Waals surface area contributed by atoms with Crippen LogP contribution in [0.4, 0.5) is 0 Å². The lowest BCUT2D eigenvalue weighted by molar-refractivity contribution is 0.0950. The fourth-order valence-electron chi connectivity index (χ4n) is 5.06. The van der Waals surface area contributed by atoms with Gasteiger partial charge in [0.1, 0.15) is 0 Å². The van der Waals surface area contributed by atoms with Gasteiger partial charge in [0.05, 0.1) is 0 Å². The third-order valence-electron chi connectivity index (χ3n) is 7.06. The predicted octanol–water partition coefficient (Wildman–Crippen LogP) is 7.10. The maximum Gasteiger partial charge on any atom is 0.251 e. The summed E-state index contributed by atoms with van der Waals surface area (Å²) in [5.74, 6) is 1.46. The molecule has 0 aromatic heterocycles. The van der Waals surface area contributed by atoms with Gasteiger partial charge < -0.3 is 14.8 Å². The van der Waals surface area contributed by atoms with E-state index in [2.05, 4.69) is 85.0 Å². The maximum atomic E-state index is 13.2. The number of ether oxygens (including phenoxy) is 2. The Morgan fingerprint density at radius 1 is 0.784 bits per heavy atom. The lowest BCUT2D eigenvalue weighted by Crippen LogP contribution is -2.31. The second-order valence-electron chi connectivity index (χ2n) is 9.53. The van der Waals surface area contributed by atoms with Crippen LogP contribution in [0.3, 0.4) is 0 Å². The van der Waals surface area contributed by atoms with Gasteiger partial charge in [-0.2, -0.15) is 0 Å². The van der Waals surface area contributed by atoms with Crippen LogP contribution in [0.15, 0.2) is 103 Å². The second kappa shape index (κ2) is 11.8. The summed E-state index contributed by atoms with van der Waals surface area (Å²) in [5, 5.41) is 3.24. The van der Waals surface area contributed by atoms with Gasteiger partial charge in [0.15, 0.2) is 11.5 Å². The average Bonchev–Trinajstić information content (AvgIpc) is 3.43. The summed E-state index contributed by atoms with van der Waals surface area (Å²) in [6, 6.07) is 35.1. The van der Waals surface area contributed by atoms with Crippen molar-refractivity contribution in [2.45, 2.75) is 38.0 Å². The molecule has 0 spiro atoms. The molecule has 1 atom stereocenters. The summed E-state index contributed by atoms with van der Waals surface area (Å²) in [7, 11) is 0. The first-order chi connectivity index (χ1) is 18.2. The van der Waals surface area contributed by atoms with Crippen molar-refractivity contribution in [3.8, 4) is 11.5 Å². The molecule has 5 rings (SSSR count). The summed E-state index contributed by atoms with van der Waals surface area (Å²) in [6.07, 6.45) is 3.36. The van der Waals surface area contributed by atoms with Crippen molar-refractivity contribution in [1.82, 2.24) is 5.32 Å². The number of fused-ring (bicyclic) bond motifs is 1. The lowest BCUT2D eigenvalue weighted by Gasteiger charge is -2.29. The van der Waals surface area contributed by atoms with Gasteiger partial charge in [0, 0.05) is 23.9 Å². The predicted molar refractivity (Wildman–Crippen MR) is 147 cm³/mol. The van der Waals surface area contributed by atoms with Crippen LogP contribution in [0.5, 0.6) is 11.5 Å². The third-order valence-corrected chi connectivity index (χ3v) is 7.06. The number of hydrogen-bond acceptors (Lipinski definition) is 3. The summed E-state index contributed by atoms with van der Waals surface area (Å²) < 4.78 is 11.3. The van der Waals surface area contributed by atoms with E-state index in [1.54, 1.807) is 0 Å². The fourth-order valence-corrected chi connectivity index (χ4v) is 5.06. The van der Waals surface area contributed by atoms with Crippen molar-refractivity contribution in [2.24, 2.45) is 0 Å². The molecule has 0 bridgehead atoms. The van der Waals surface area contributed by atoms with E-state index in [-0.39, 0.29) is 24.5 Å². The van der Waals surface area contributed by atoms with Gasteiger partial charge in [-0.25, -0.2) is 0 Å². The zero-order chi connectivity index (χ0) is 25.5. The molecule has 1 heterocycles. The molecular weight excluding hydrogens is 458 g/mol. The summed E-state index contributed by atoms with van der Waals surface area (Å²) in [4.78, 5) is 13.2. The molecule has 0 radical (unpaired) electrons. The Morgan fingerprint density at radius 3 is 2.08 bits per heavy atom. The van der Waals surface area contributed by atoms with Crippen LogP contribution in [-0.2, 0) is 6.42 Å². The van der Waals surface area contributed by atoms with E-state index in [1.807, 2.05) is 30.3 Å². The molecule has 0 aliphatic carbocycles. The lowest BCUT2D eigenvalue weighted by atomic mass is 9.77. The fraction of sp³-hybridized carbons (Fsp3) is 0.242. The Labute approximate surface area is 219 Å². The molecule has 4 nitrogen and oxygen atoms in total. The maximum absolute atomic E-state index is 13.2. The molecule has 1 N–H and O–H groups in total. The highest BCUT2D eigenvalue weighted by molar-refractivity contribution is 5.94. The zero-order valence-corrected chi connectivity index (χ0v) is 21.2. The first kappa shape index (κ1) is 24.6. The van der Waals surface area contributed by atoms with Gasteiger partial charge in [0.25, 0.3) is 5.91 Å². The van der Waals surface area contributed by atoms with Crippen LogP contribution in [0.25, 0.3) is 0 Å². The zero-order valence-electron chi connectivity index (χ0n) is 21.2. The van der Waals surface area contributed by atoms with E-state index < -0.39 is 0 Å². The Kier molecular flexibility index (Phi) is 7.85. The SMILES string of the molecule is CCCCc1ccc(C(=O)NCC(c2ccc3c(c2)OCO3)C(c2ccccc2)c2ccccc2)cc1. The molecule has 1 aliphatic heterocycles. The average molecular weight is 492 g/mol. The number of rotatable bonds is 10. The Bertz CT molecular complexity index is 1260. The van der Waals surface area contributed by atoms with Crippen LogP contribution in [0.2, 0.25) is 0 Å². The molecule has 4 aromatic rings. The van der Waals surface area contributed by atoms with Crippen LogP contribution >= 0.6 is 0 Å². The van der Waals surface area contributed by atoms with Gasteiger partial charge in [-0.15, -0.1) is 0 Å². The van der Waals surface area contributed by atoms with Gasteiger partial charge in [-0.05, 0) is 59.4 Å². The van der Waals surface area contributed by atoms with Gasteiger partial charge in [-0.1, -0.05) is 92.2 Å². The van der Waals surface area contributed by atoms with E-state index >= 15 is 0 Å². The molecule has 1 amide bonds. The number of benzene rings is 4. The Balaban J connectivity index is 1.46. The highest BCUT2D eigenvalue weighted by Gasteiger charge is 2.29. The van der Waals surface area contributed by atoms with Gasteiger partial charge in [-0.3, -0.25) is 4.79 Å². The first-order valence-electron chi connectivity index (χ1n) is 13.1. The Hall–Kier alpha value is -4.05. The highest BCUT2D eigenvalue weighted by atomic mass is 16.7. The molecular formula is C33H33NO3. The number of nitrogens with one attached hydrogen (secondary N) is 1.